The number of benzene rings is 2. The van der Waals surface area contributed by atoms with Gasteiger partial charge < -0.3 is 10.1 Å². The Balaban J connectivity index is 1.67. The van der Waals surface area contributed by atoms with Crippen LogP contribution in [0.15, 0.2) is 54.6 Å². The summed E-state index contributed by atoms with van der Waals surface area (Å²) in [5, 5.41) is 6.73. The predicted molar refractivity (Wildman–Crippen MR) is 91.4 cm³/mol. The van der Waals surface area contributed by atoms with Crippen LogP contribution in [0.25, 0.3) is 0 Å². The van der Waals surface area contributed by atoms with Crippen molar-refractivity contribution in [1.82, 2.24) is 14.8 Å². The van der Waals surface area contributed by atoms with Crippen molar-refractivity contribution < 1.29 is 22.7 Å². The summed E-state index contributed by atoms with van der Waals surface area (Å²) in [5.41, 5.74) is 1.31. The fourth-order valence-corrected chi connectivity index (χ4v) is 2.35. The van der Waals surface area contributed by atoms with Gasteiger partial charge in [0.15, 0.2) is 0 Å². The molecule has 0 fully saturated rings. The lowest BCUT2D eigenvalue weighted by molar-refractivity contribution is -0.274. The smallest absolute Gasteiger partial charge is 0.406 e. The molecule has 0 aliphatic carbocycles. The number of rotatable bonds is 5. The van der Waals surface area contributed by atoms with Crippen LogP contribution in [-0.2, 0) is 6.54 Å². The molecule has 0 saturated heterocycles. The van der Waals surface area contributed by atoms with Gasteiger partial charge in [-0.25, -0.2) is 9.67 Å². The molecular weight excluding hydrogens is 361 g/mol. The molecule has 9 heteroatoms. The molecule has 0 spiro atoms. The van der Waals surface area contributed by atoms with E-state index in [1.54, 1.807) is 11.6 Å². The molecule has 0 unspecified atom stereocenters. The van der Waals surface area contributed by atoms with Crippen LogP contribution in [-0.4, -0.2) is 27.0 Å². The maximum absolute atomic E-state index is 12.3. The highest BCUT2D eigenvalue weighted by atomic mass is 19.4. The lowest BCUT2D eigenvalue weighted by atomic mass is 10.2. The van der Waals surface area contributed by atoms with Gasteiger partial charge in [0.1, 0.15) is 11.6 Å². The molecule has 0 atom stereocenters. The normalized spacial score (nSPS) is 11.3. The molecule has 2 aromatic carbocycles. The Bertz CT molecular complexity index is 922. The molecule has 0 radical (unpaired) electrons. The zero-order valence-electron chi connectivity index (χ0n) is 14.2. The van der Waals surface area contributed by atoms with E-state index >= 15 is 0 Å². The standard InChI is InChI=1S/C18H15F3N4O2/c1-12-22-16(24-25(12)11-13-5-3-2-4-6-13)17(26)23-14-7-9-15(10-8-14)27-18(19,20)21/h2-10H,11H2,1H3,(H,23,26). The van der Waals surface area contributed by atoms with Crippen LogP contribution >= 0.6 is 0 Å². The zero-order valence-corrected chi connectivity index (χ0v) is 14.2. The first-order valence-corrected chi connectivity index (χ1v) is 7.93. The molecule has 140 valence electrons. The number of carbonyl (C=O) groups excluding carboxylic acids is 1. The summed E-state index contributed by atoms with van der Waals surface area (Å²) in [4.78, 5) is 16.4. The van der Waals surface area contributed by atoms with Gasteiger partial charge in [-0.3, -0.25) is 4.79 Å². The summed E-state index contributed by atoms with van der Waals surface area (Å²) in [6.07, 6.45) is -4.77. The lowest BCUT2D eigenvalue weighted by Crippen LogP contribution is -2.17. The Morgan fingerprint density at radius 3 is 2.41 bits per heavy atom. The molecule has 1 heterocycles. The maximum Gasteiger partial charge on any atom is 0.573 e. The number of halogens is 3. The lowest BCUT2D eigenvalue weighted by Gasteiger charge is -2.09. The minimum absolute atomic E-state index is 0.0287. The number of nitrogens with zero attached hydrogens (tertiary/aromatic N) is 3. The number of ether oxygens (including phenoxy) is 1. The number of aromatic nitrogens is 3. The Labute approximate surface area is 152 Å². The molecule has 1 N–H and O–H groups in total. The molecule has 0 bridgehead atoms. The molecular formula is C18H15F3N4O2. The molecule has 3 rings (SSSR count). The SMILES string of the molecule is Cc1nc(C(=O)Nc2ccc(OC(F)(F)F)cc2)nn1Cc1ccccc1. The second-order valence-corrected chi connectivity index (χ2v) is 5.65. The maximum atomic E-state index is 12.3. The van der Waals surface area contributed by atoms with Crippen molar-refractivity contribution in [2.45, 2.75) is 19.8 Å². The minimum Gasteiger partial charge on any atom is -0.406 e. The highest BCUT2D eigenvalue weighted by Crippen LogP contribution is 2.24. The quantitative estimate of drug-likeness (QED) is 0.736. The Kier molecular flexibility index (Phi) is 5.11. The van der Waals surface area contributed by atoms with Gasteiger partial charge in [0, 0.05) is 5.69 Å². The summed E-state index contributed by atoms with van der Waals surface area (Å²) < 4.78 is 41.9. The molecule has 27 heavy (non-hydrogen) atoms. The van der Waals surface area contributed by atoms with Gasteiger partial charge in [-0.05, 0) is 36.8 Å². The van der Waals surface area contributed by atoms with Gasteiger partial charge in [0.05, 0.1) is 6.54 Å². The Morgan fingerprint density at radius 2 is 1.78 bits per heavy atom. The largest absolute Gasteiger partial charge is 0.573 e. The number of hydrogen-bond acceptors (Lipinski definition) is 4. The van der Waals surface area contributed by atoms with Crippen molar-refractivity contribution >= 4 is 11.6 Å². The first kappa shape index (κ1) is 18.4. The van der Waals surface area contributed by atoms with E-state index < -0.39 is 12.3 Å². The highest BCUT2D eigenvalue weighted by Gasteiger charge is 2.31. The topological polar surface area (TPSA) is 69.0 Å². The monoisotopic (exact) mass is 376 g/mol. The van der Waals surface area contributed by atoms with Crippen molar-refractivity contribution in [3.05, 3.63) is 71.8 Å². The van der Waals surface area contributed by atoms with Gasteiger partial charge in [-0.2, -0.15) is 0 Å². The van der Waals surface area contributed by atoms with Crippen LogP contribution in [0.5, 0.6) is 5.75 Å². The van der Waals surface area contributed by atoms with Crippen LogP contribution in [0.3, 0.4) is 0 Å². The molecule has 3 aromatic rings. The van der Waals surface area contributed by atoms with Gasteiger partial charge in [-0.1, -0.05) is 30.3 Å². The summed E-state index contributed by atoms with van der Waals surface area (Å²) in [6.45, 7) is 2.20. The van der Waals surface area contributed by atoms with Gasteiger partial charge in [0.2, 0.25) is 5.82 Å². The third kappa shape index (κ3) is 5.06. The van der Waals surface area contributed by atoms with E-state index in [1.165, 1.54) is 12.1 Å². The molecule has 1 amide bonds. The van der Waals surface area contributed by atoms with E-state index in [4.69, 9.17) is 0 Å². The summed E-state index contributed by atoms with van der Waals surface area (Å²) in [6, 6.07) is 14.4. The summed E-state index contributed by atoms with van der Waals surface area (Å²) >= 11 is 0. The fourth-order valence-electron chi connectivity index (χ4n) is 2.35. The third-order valence-corrected chi connectivity index (χ3v) is 3.58. The minimum atomic E-state index is -4.77. The van der Waals surface area contributed by atoms with Gasteiger partial charge in [-0.15, -0.1) is 18.3 Å². The predicted octanol–water partition coefficient (Wildman–Crippen LogP) is 3.79. The second-order valence-electron chi connectivity index (χ2n) is 5.65. The van der Waals surface area contributed by atoms with E-state index in [0.29, 0.717) is 18.1 Å². The van der Waals surface area contributed by atoms with Crippen molar-refractivity contribution in [2.24, 2.45) is 0 Å². The Hall–Kier alpha value is -3.36. The van der Waals surface area contributed by atoms with Crippen LogP contribution in [0.2, 0.25) is 0 Å². The van der Waals surface area contributed by atoms with E-state index in [1.807, 2.05) is 30.3 Å². The van der Waals surface area contributed by atoms with Crippen LogP contribution in [0.1, 0.15) is 22.0 Å². The Morgan fingerprint density at radius 1 is 1.11 bits per heavy atom. The summed E-state index contributed by atoms with van der Waals surface area (Å²) in [7, 11) is 0. The molecule has 1 aromatic heterocycles. The van der Waals surface area contributed by atoms with Crippen LogP contribution in [0.4, 0.5) is 18.9 Å². The number of nitrogens with one attached hydrogen (secondary N) is 1. The second kappa shape index (κ2) is 7.48. The van der Waals surface area contributed by atoms with E-state index in [9.17, 15) is 18.0 Å². The number of amides is 1. The number of carbonyl (C=O) groups is 1. The van der Waals surface area contributed by atoms with Gasteiger partial charge in [0.25, 0.3) is 5.91 Å². The van der Waals surface area contributed by atoms with Crippen LogP contribution in [0, 0.1) is 6.92 Å². The zero-order chi connectivity index (χ0) is 19.4. The van der Waals surface area contributed by atoms with E-state index in [-0.39, 0.29) is 11.6 Å². The highest BCUT2D eigenvalue weighted by molar-refractivity contribution is 6.01. The molecule has 6 nitrogen and oxygen atoms in total. The van der Waals surface area contributed by atoms with Crippen molar-refractivity contribution in [3.63, 3.8) is 0 Å². The number of aryl methyl sites for hydroxylation is 1. The van der Waals surface area contributed by atoms with Crippen molar-refractivity contribution in [2.75, 3.05) is 5.32 Å². The van der Waals surface area contributed by atoms with E-state index in [2.05, 4.69) is 20.1 Å². The van der Waals surface area contributed by atoms with Crippen molar-refractivity contribution in [1.29, 1.82) is 0 Å². The first-order chi connectivity index (χ1) is 12.8. The fraction of sp³-hybridized carbons (Fsp3) is 0.167. The van der Waals surface area contributed by atoms with E-state index in [0.717, 1.165) is 17.7 Å². The molecule has 0 aliphatic heterocycles. The number of anilines is 1. The van der Waals surface area contributed by atoms with Gasteiger partial charge >= 0.3 is 6.36 Å². The average Bonchev–Trinajstić information content (AvgIpc) is 2.97. The third-order valence-electron chi connectivity index (χ3n) is 3.58. The first-order valence-electron chi connectivity index (χ1n) is 7.93. The average molecular weight is 376 g/mol. The number of hydrogen-bond donors (Lipinski definition) is 1. The van der Waals surface area contributed by atoms with Crippen LogP contribution < -0.4 is 10.1 Å². The van der Waals surface area contributed by atoms with Crippen molar-refractivity contribution in [3.8, 4) is 5.75 Å². The molecule has 0 saturated carbocycles. The molecule has 0 aliphatic rings. The number of alkyl halides is 3. The summed E-state index contributed by atoms with van der Waals surface area (Å²) in [5.74, 6) is -0.395.